The van der Waals surface area contributed by atoms with Gasteiger partial charge in [0.25, 0.3) is 17.7 Å². The number of amides is 3. The van der Waals surface area contributed by atoms with Gasteiger partial charge >= 0.3 is 0 Å². The molecule has 0 aliphatic carbocycles. The first kappa shape index (κ1) is 23.9. The molecule has 0 aliphatic rings. The molecule has 3 aromatic rings. The lowest BCUT2D eigenvalue weighted by Gasteiger charge is -2.03. The van der Waals surface area contributed by atoms with E-state index in [1.54, 1.807) is 48.7 Å². The smallest absolute Gasteiger partial charge is 0.273 e. The minimum atomic E-state index is -0.469. The van der Waals surface area contributed by atoms with E-state index in [9.17, 15) is 14.4 Å². The van der Waals surface area contributed by atoms with Gasteiger partial charge in [-0.1, -0.05) is 0 Å². The van der Waals surface area contributed by atoms with Gasteiger partial charge in [0.2, 0.25) is 0 Å². The minimum absolute atomic E-state index is 0.0622. The molecule has 0 saturated carbocycles. The van der Waals surface area contributed by atoms with Crippen molar-refractivity contribution in [3.8, 4) is 0 Å². The molecule has 0 unspecified atom stereocenters. The Morgan fingerprint density at radius 3 is 2.21 bits per heavy atom. The number of guanidine groups is 1. The van der Waals surface area contributed by atoms with Crippen LogP contribution in [0.25, 0.3) is 0 Å². The van der Waals surface area contributed by atoms with E-state index in [0.29, 0.717) is 17.1 Å². The number of carbonyl (C=O) groups is 3. The number of rotatable bonds is 8. The van der Waals surface area contributed by atoms with Crippen LogP contribution in [0.15, 0.2) is 35.6 Å². The van der Waals surface area contributed by atoms with Crippen molar-refractivity contribution in [1.82, 2.24) is 24.2 Å². The molecule has 9 N–H and O–H groups in total. The Morgan fingerprint density at radius 2 is 1.56 bits per heavy atom. The first-order valence-corrected chi connectivity index (χ1v) is 10.1. The summed E-state index contributed by atoms with van der Waals surface area (Å²) in [6, 6.07) is 4.53. The van der Waals surface area contributed by atoms with Crippen molar-refractivity contribution in [2.24, 2.45) is 37.6 Å². The summed E-state index contributed by atoms with van der Waals surface area (Å²) in [5, 5.41) is 12.2. The Kier molecular flexibility index (Phi) is 6.89. The molecule has 0 radical (unpaired) electrons. The van der Waals surface area contributed by atoms with Crippen molar-refractivity contribution in [3.63, 3.8) is 0 Å². The summed E-state index contributed by atoms with van der Waals surface area (Å²) in [5.41, 5.74) is 18.0. The van der Waals surface area contributed by atoms with E-state index in [1.165, 1.54) is 16.8 Å². The summed E-state index contributed by atoms with van der Waals surface area (Å²) in [6.45, 7) is 0.468. The summed E-state index contributed by atoms with van der Waals surface area (Å²) in [6.07, 6.45) is 3.23. The second-order valence-electron chi connectivity index (χ2n) is 7.50. The Labute approximate surface area is 194 Å². The van der Waals surface area contributed by atoms with Gasteiger partial charge in [0.15, 0.2) is 11.8 Å². The molecule has 180 valence electrons. The van der Waals surface area contributed by atoms with Gasteiger partial charge in [-0.3, -0.25) is 24.1 Å². The van der Waals surface area contributed by atoms with Crippen LogP contribution in [0.1, 0.15) is 31.5 Å². The van der Waals surface area contributed by atoms with E-state index in [2.05, 4.69) is 26.0 Å². The number of carbonyl (C=O) groups excluding carboxylic acids is 3. The fraction of sp³-hybridized carbons (Fsp3) is 0.250. The van der Waals surface area contributed by atoms with Gasteiger partial charge in [-0.15, -0.1) is 0 Å². The van der Waals surface area contributed by atoms with Crippen molar-refractivity contribution in [2.45, 2.75) is 0 Å². The molecule has 34 heavy (non-hydrogen) atoms. The zero-order valence-corrected chi connectivity index (χ0v) is 19.0. The fourth-order valence-electron chi connectivity index (χ4n) is 3.24. The molecule has 3 heterocycles. The van der Waals surface area contributed by atoms with Crippen LogP contribution in [-0.4, -0.2) is 55.7 Å². The van der Waals surface area contributed by atoms with Crippen LogP contribution >= 0.6 is 0 Å². The highest BCUT2D eigenvalue weighted by Gasteiger charge is 2.18. The van der Waals surface area contributed by atoms with Crippen molar-refractivity contribution in [3.05, 3.63) is 47.7 Å². The van der Waals surface area contributed by atoms with Gasteiger partial charge in [-0.05, 0) is 12.1 Å². The fourth-order valence-corrected chi connectivity index (χ4v) is 3.24. The number of aliphatic imine (C=N–C) groups is 1. The standard InChI is InChI=1S/C20H27N11O3/c1-29-9-11(21)6-13(29)18(33)26-12-7-14(30(2)10-12)19(34)27-16-8-15(31(3)28-16)17(32)24-4-5-25-20(22)23/h6-10H,4-5,21H2,1-3H3,(H,24,32)(H,26,33)(H4,22,23,25)(H,27,28,34). The number of nitrogen functional groups attached to an aromatic ring is 1. The summed E-state index contributed by atoms with van der Waals surface area (Å²) in [4.78, 5) is 41.4. The topological polar surface area (TPSA) is 205 Å². The molecule has 3 rings (SSSR count). The molecule has 3 aromatic heterocycles. The van der Waals surface area contributed by atoms with Crippen LogP contribution in [-0.2, 0) is 21.1 Å². The predicted octanol–water partition coefficient (Wildman–Crippen LogP) is -0.813. The number of aromatic nitrogens is 4. The molecule has 0 fully saturated rings. The van der Waals surface area contributed by atoms with Crippen LogP contribution in [0.2, 0.25) is 0 Å². The third-order valence-corrected chi connectivity index (χ3v) is 4.80. The average Bonchev–Trinajstić information content (AvgIpc) is 3.41. The van der Waals surface area contributed by atoms with Gasteiger partial charge in [0.05, 0.1) is 17.9 Å². The highest BCUT2D eigenvalue weighted by Crippen LogP contribution is 2.17. The quantitative estimate of drug-likeness (QED) is 0.140. The summed E-state index contributed by atoms with van der Waals surface area (Å²) in [5.74, 6) is -1.10. The Morgan fingerprint density at radius 1 is 0.912 bits per heavy atom. The maximum absolute atomic E-state index is 12.8. The van der Waals surface area contributed by atoms with Crippen LogP contribution in [0.4, 0.5) is 17.2 Å². The van der Waals surface area contributed by atoms with Crippen LogP contribution < -0.4 is 33.2 Å². The average molecular weight is 470 g/mol. The van der Waals surface area contributed by atoms with E-state index in [0.717, 1.165) is 0 Å². The molecule has 0 aromatic carbocycles. The molecule has 3 amide bonds. The third kappa shape index (κ3) is 5.53. The van der Waals surface area contributed by atoms with Gasteiger partial charge in [-0.2, -0.15) is 5.10 Å². The number of nitrogens with two attached hydrogens (primary N) is 3. The maximum atomic E-state index is 12.8. The predicted molar refractivity (Wildman–Crippen MR) is 127 cm³/mol. The zero-order chi connectivity index (χ0) is 25.0. The number of aryl methyl sites for hydroxylation is 3. The lowest BCUT2D eigenvalue weighted by atomic mass is 10.3. The first-order chi connectivity index (χ1) is 16.0. The number of hydrogen-bond donors (Lipinski definition) is 6. The number of hydrogen-bond acceptors (Lipinski definition) is 6. The van der Waals surface area contributed by atoms with E-state index in [1.807, 2.05) is 0 Å². The molecule has 0 atom stereocenters. The Hall–Kier alpha value is -4.75. The van der Waals surface area contributed by atoms with Crippen molar-refractivity contribution < 1.29 is 14.4 Å². The zero-order valence-electron chi connectivity index (χ0n) is 19.0. The Balaban J connectivity index is 1.65. The molecule has 14 nitrogen and oxygen atoms in total. The van der Waals surface area contributed by atoms with Crippen LogP contribution in [0.5, 0.6) is 0 Å². The summed E-state index contributed by atoms with van der Waals surface area (Å²) < 4.78 is 4.51. The summed E-state index contributed by atoms with van der Waals surface area (Å²) in [7, 11) is 4.95. The third-order valence-electron chi connectivity index (χ3n) is 4.80. The lowest BCUT2D eigenvalue weighted by molar-refractivity contribution is 0.0943. The molecule has 0 aliphatic heterocycles. The monoisotopic (exact) mass is 469 g/mol. The second-order valence-corrected chi connectivity index (χ2v) is 7.50. The number of nitrogens with one attached hydrogen (secondary N) is 3. The number of nitrogens with zero attached hydrogens (tertiary/aromatic N) is 5. The van der Waals surface area contributed by atoms with Crippen molar-refractivity contribution in [1.29, 1.82) is 0 Å². The molecule has 0 saturated heterocycles. The van der Waals surface area contributed by atoms with E-state index in [-0.39, 0.29) is 42.2 Å². The minimum Gasteiger partial charge on any atom is -0.397 e. The first-order valence-electron chi connectivity index (χ1n) is 10.1. The van der Waals surface area contributed by atoms with Gasteiger partial charge in [0, 0.05) is 46.1 Å². The lowest BCUT2D eigenvalue weighted by Crippen LogP contribution is -2.29. The van der Waals surface area contributed by atoms with E-state index in [4.69, 9.17) is 17.2 Å². The van der Waals surface area contributed by atoms with Crippen LogP contribution in [0, 0.1) is 0 Å². The maximum Gasteiger partial charge on any atom is 0.273 e. The Bertz CT molecular complexity index is 1260. The van der Waals surface area contributed by atoms with Crippen LogP contribution in [0.3, 0.4) is 0 Å². The van der Waals surface area contributed by atoms with E-state index < -0.39 is 11.8 Å². The highest BCUT2D eigenvalue weighted by molar-refractivity contribution is 6.07. The summed E-state index contributed by atoms with van der Waals surface area (Å²) >= 11 is 0. The highest BCUT2D eigenvalue weighted by atomic mass is 16.2. The second kappa shape index (κ2) is 9.81. The SMILES string of the molecule is Cn1cc(N)cc1C(=O)Nc1cc(C(=O)Nc2cc(C(=O)NCCN=C(N)N)n(C)n2)n(C)c1. The molecular weight excluding hydrogens is 442 g/mol. The largest absolute Gasteiger partial charge is 0.397 e. The molecule has 0 bridgehead atoms. The van der Waals surface area contributed by atoms with Gasteiger partial charge in [0.1, 0.15) is 17.1 Å². The molecule has 0 spiro atoms. The number of anilines is 3. The van der Waals surface area contributed by atoms with E-state index >= 15 is 0 Å². The molecule has 14 heteroatoms. The van der Waals surface area contributed by atoms with Crippen molar-refractivity contribution >= 4 is 40.9 Å². The normalized spacial score (nSPS) is 10.6. The van der Waals surface area contributed by atoms with Crippen molar-refractivity contribution in [2.75, 3.05) is 29.5 Å². The van der Waals surface area contributed by atoms with Gasteiger partial charge in [-0.25, -0.2) is 0 Å². The van der Waals surface area contributed by atoms with Gasteiger partial charge < -0.3 is 42.3 Å². The molecular formula is C20H27N11O3.